The van der Waals surface area contributed by atoms with Gasteiger partial charge in [-0.15, -0.1) is 0 Å². The Morgan fingerprint density at radius 3 is 1.38 bits per heavy atom. The van der Waals surface area contributed by atoms with Gasteiger partial charge in [0.05, 0.1) is 7.11 Å². The van der Waals surface area contributed by atoms with E-state index in [1.54, 1.807) is 0 Å². The van der Waals surface area contributed by atoms with Gasteiger partial charge in [0.1, 0.15) is 0 Å². The van der Waals surface area contributed by atoms with Crippen LogP contribution in [0.3, 0.4) is 0 Å². The van der Waals surface area contributed by atoms with Crippen LogP contribution in [-0.4, -0.2) is 35.2 Å². The molecule has 0 saturated heterocycles. The molecule has 0 heterocycles. The van der Waals surface area contributed by atoms with E-state index >= 15 is 0 Å². The molecule has 0 unspecified atom stereocenters. The first-order chi connectivity index (χ1) is 5.90. The first kappa shape index (κ1) is 13.7. The summed E-state index contributed by atoms with van der Waals surface area (Å²) in [6.07, 6.45) is 1.12. The fraction of sp³-hybridized carbons (Fsp3) is 0.286. The quantitative estimate of drug-likeness (QED) is 0.465. The molecule has 0 aromatic rings. The molecule has 0 aromatic carbocycles. The third-order valence-electron chi connectivity index (χ3n) is 0.656. The molecule has 0 rings (SSSR count). The number of esters is 1. The van der Waals surface area contributed by atoms with Gasteiger partial charge in [0.25, 0.3) is 0 Å². The molecular formula is C7H10O6. The highest BCUT2D eigenvalue weighted by molar-refractivity contribution is 5.89. The molecule has 0 fully saturated rings. The number of hydrogen-bond acceptors (Lipinski definition) is 4. The summed E-state index contributed by atoms with van der Waals surface area (Å²) in [6, 6.07) is 0. The molecule has 0 spiro atoms. The van der Waals surface area contributed by atoms with Crippen LogP contribution in [0.4, 0.5) is 0 Å². The van der Waals surface area contributed by atoms with Gasteiger partial charge in [-0.1, -0.05) is 0 Å². The Morgan fingerprint density at radius 2 is 1.31 bits per heavy atom. The van der Waals surface area contributed by atoms with Crippen molar-refractivity contribution in [2.75, 3.05) is 7.11 Å². The second-order valence-electron chi connectivity index (χ2n) is 1.71. The summed E-state index contributed by atoms with van der Waals surface area (Å²) in [7, 11) is 1.35. The van der Waals surface area contributed by atoms with E-state index in [4.69, 9.17) is 10.2 Å². The molecule has 13 heavy (non-hydrogen) atoms. The molecular weight excluding hydrogens is 180 g/mol. The fourth-order valence-corrected chi connectivity index (χ4v) is 0.143. The highest BCUT2D eigenvalue weighted by atomic mass is 16.5. The van der Waals surface area contributed by atoms with E-state index in [9.17, 15) is 14.4 Å². The lowest BCUT2D eigenvalue weighted by molar-refractivity contribution is -0.138. The predicted octanol–water partition coefficient (Wildman–Crippen LogP) is -0.109. The minimum Gasteiger partial charge on any atom is -0.478 e. The van der Waals surface area contributed by atoms with Crippen LogP contribution in [0.1, 0.15) is 6.92 Å². The number of rotatable bonds is 2. The van der Waals surface area contributed by atoms with Gasteiger partial charge in [0, 0.05) is 19.1 Å². The van der Waals surface area contributed by atoms with E-state index in [2.05, 4.69) is 4.74 Å². The molecule has 0 aliphatic carbocycles. The van der Waals surface area contributed by atoms with Crippen LogP contribution >= 0.6 is 0 Å². The summed E-state index contributed by atoms with van der Waals surface area (Å²) in [6.45, 7) is 1.36. The fourth-order valence-electron chi connectivity index (χ4n) is 0.143. The zero-order chi connectivity index (χ0) is 10.9. The lowest BCUT2D eigenvalue weighted by atomic mass is 10.5. The van der Waals surface area contributed by atoms with Crippen LogP contribution in [0, 0.1) is 0 Å². The van der Waals surface area contributed by atoms with Crippen molar-refractivity contribution < 1.29 is 29.3 Å². The van der Waals surface area contributed by atoms with Crippen molar-refractivity contribution in [1.29, 1.82) is 0 Å². The third kappa shape index (κ3) is 25.4. The van der Waals surface area contributed by atoms with Gasteiger partial charge in [-0.3, -0.25) is 4.79 Å². The topological polar surface area (TPSA) is 101 Å². The second kappa shape index (κ2) is 8.25. The molecule has 2 N–H and O–H groups in total. The first-order valence-corrected chi connectivity index (χ1v) is 3.08. The first-order valence-electron chi connectivity index (χ1n) is 3.08. The molecule has 6 heteroatoms. The lowest BCUT2D eigenvalue weighted by Gasteiger charge is -1.80. The Bertz CT molecular complexity index is 201. The van der Waals surface area contributed by atoms with Gasteiger partial charge < -0.3 is 14.9 Å². The summed E-state index contributed by atoms with van der Waals surface area (Å²) in [4.78, 5) is 28.7. The molecule has 0 aliphatic rings. The number of ether oxygens (including phenoxy) is 1. The molecule has 0 amide bonds. The monoisotopic (exact) mass is 190 g/mol. The summed E-state index contributed by atoms with van der Waals surface area (Å²) in [5.74, 6) is -2.76. The number of carbonyl (C=O) groups is 3. The maximum Gasteiger partial charge on any atom is 0.328 e. The highest BCUT2D eigenvalue weighted by Crippen LogP contribution is 1.70. The molecule has 0 bridgehead atoms. The van der Waals surface area contributed by atoms with Crippen molar-refractivity contribution in [3.05, 3.63) is 12.2 Å². The number of carbonyl (C=O) groups excluding carboxylic acids is 1. The van der Waals surface area contributed by atoms with E-state index in [1.165, 1.54) is 14.0 Å². The van der Waals surface area contributed by atoms with Crippen molar-refractivity contribution in [1.82, 2.24) is 0 Å². The minimum atomic E-state index is -1.26. The zero-order valence-corrected chi connectivity index (χ0v) is 7.18. The molecule has 0 saturated carbocycles. The van der Waals surface area contributed by atoms with Crippen LogP contribution in [0.25, 0.3) is 0 Å². The van der Waals surface area contributed by atoms with Gasteiger partial charge in [-0.25, -0.2) is 9.59 Å². The SMILES string of the molecule is COC(C)=O.O=C(O)/C=C/C(=O)O. The number of methoxy groups -OCH3 is 1. The van der Waals surface area contributed by atoms with E-state index in [0.717, 1.165) is 0 Å². The third-order valence-corrected chi connectivity index (χ3v) is 0.656. The number of carboxylic acids is 2. The highest BCUT2D eigenvalue weighted by Gasteiger charge is 1.88. The minimum absolute atomic E-state index is 0.245. The summed E-state index contributed by atoms with van der Waals surface area (Å²) in [5, 5.41) is 15.6. The Balaban J connectivity index is 0. The summed E-state index contributed by atoms with van der Waals surface area (Å²) in [5.41, 5.74) is 0. The zero-order valence-electron chi connectivity index (χ0n) is 7.18. The number of carboxylic acid groups (broad SMARTS) is 2. The van der Waals surface area contributed by atoms with Crippen LogP contribution in [-0.2, 0) is 19.1 Å². The Morgan fingerprint density at radius 1 is 1.08 bits per heavy atom. The van der Waals surface area contributed by atoms with Gasteiger partial charge in [0.15, 0.2) is 0 Å². The lowest BCUT2D eigenvalue weighted by Crippen LogP contribution is -1.91. The maximum absolute atomic E-state index is 9.59. The molecule has 0 radical (unpaired) electrons. The van der Waals surface area contributed by atoms with E-state index in [1.807, 2.05) is 0 Å². The smallest absolute Gasteiger partial charge is 0.328 e. The Kier molecular flexibility index (Phi) is 8.71. The maximum atomic E-state index is 9.59. The van der Waals surface area contributed by atoms with Crippen LogP contribution in [0.2, 0.25) is 0 Å². The number of hydrogen-bond donors (Lipinski definition) is 2. The largest absolute Gasteiger partial charge is 0.478 e. The molecule has 0 aromatic heterocycles. The average Bonchev–Trinajstić information content (AvgIpc) is 2.02. The average molecular weight is 190 g/mol. The van der Waals surface area contributed by atoms with Crippen molar-refractivity contribution in [2.24, 2.45) is 0 Å². The van der Waals surface area contributed by atoms with E-state index in [0.29, 0.717) is 12.2 Å². The van der Waals surface area contributed by atoms with Crippen LogP contribution < -0.4 is 0 Å². The normalized spacial score (nSPS) is 8.46. The van der Waals surface area contributed by atoms with Crippen LogP contribution in [0.15, 0.2) is 12.2 Å². The van der Waals surface area contributed by atoms with Gasteiger partial charge in [0.2, 0.25) is 0 Å². The number of aliphatic carboxylic acids is 2. The van der Waals surface area contributed by atoms with Crippen LogP contribution in [0.5, 0.6) is 0 Å². The molecule has 74 valence electrons. The van der Waals surface area contributed by atoms with E-state index < -0.39 is 11.9 Å². The second-order valence-corrected chi connectivity index (χ2v) is 1.71. The van der Waals surface area contributed by atoms with Gasteiger partial charge in [-0.2, -0.15) is 0 Å². The standard InChI is InChI=1S/C4H4O4.C3H6O2/c5-3(6)1-2-4(7)8;1-3(4)5-2/h1-2H,(H,5,6)(H,7,8);1-2H3/b2-1+;. The van der Waals surface area contributed by atoms with E-state index in [-0.39, 0.29) is 5.97 Å². The molecule has 0 aliphatic heterocycles. The summed E-state index contributed by atoms with van der Waals surface area (Å²) >= 11 is 0. The Labute approximate surface area is 74.4 Å². The molecule has 0 atom stereocenters. The predicted molar refractivity (Wildman–Crippen MR) is 42.1 cm³/mol. The van der Waals surface area contributed by atoms with Gasteiger partial charge in [-0.05, 0) is 0 Å². The van der Waals surface area contributed by atoms with Crippen molar-refractivity contribution in [3.63, 3.8) is 0 Å². The van der Waals surface area contributed by atoms with Crippen molar-refractivity contribution in [3.8, 4) is 0 Å². The van der Waals surface area contributed by atoms with Gasteiger partial charge >= 0.3 is 17.9 Å². The van der Waals surface area contributed by atoms with Crippen molar-refractivity contribution >= 4 is 17.9 Å². The summed E-state index contributed by atoms with van der Waals surface area (Å²) < 4.78 is 4.11. The Hall–Kier alpha value is -1.85. The molecule has 6 nitrogen and oxygen atoms in total. The van der Waals surface area contributed by atoms with Crippen molar-refractivity contribution in [2.45, 2.75) is 6.92 Å².